The molecule has 0 aliphatic carbocycles. The molecule has 1 aliphatic heterocycles. The molecule has 0 atom stereocenters. The molecule has 0 saturated carbocycles. The van der Waals surface area contributed by atoms with Crippen LogP contribution in [0.3, 0.4) is 0 Å². The highest BCUT2D eigenvalue weighted by molar-refractivity contribution is 5.89. The molecular weight excluding hydrogens is 378 g/mol. The molecule has 30 heavy (non-hydrogen) atoms. The number of fused-ring (bicyclic) bond motifs is 2. The number of aromatic amines is 1. The van der Waals surface area contributed by atoms with Gasteiger partial charge in [0.05, 0.1) is 23.7 Å². The Morgan fingerprint density at radius 1 is 1.07 bits per heavy atom. The second-order valence-electron chi connectivity index (χ2n) is 7.77. The molecule has 4 aromatic rings. The summed E-state index contributed by atoms with van der Waals surface area (Å²) in [5.41, 5.74) is 3.80. The number of carbonyl (C=O) groups excluding carboxylic acids is 1. The van der Waals surface area contributed by atoms with Gasteiger partial charge in [0.2, 0.25) is 5.91 Å². The molecule has 0 unspecified atom stereocenters. The highest BCUT2D eigenvalue weighted by Crippen LogP contribution is 2.22. The fourth-order valence-corrected chi connectivity index (χ4v) is 4.16. The number of nitrogens with zero attached hydrogens (tertiary/aromatic N) is 4. The van der Waals surface area contributed by atoms with Crippen molar-refractivity contribution in [3.63, 3.8) is 0 Å². The number of hydrogen-bond acceptors (Lipinski definition) is 4. The Kier molecular flexibility index (Phi) is 4.50. The minimum absolute atomic E-state index is 0.0424. The number of hydrogen-bond donors (Lipinski definition) is 1. The van der Waals surface area contributed by atoms with Crippen molar-refractivity contribution in [1.29, 1.82) is 0 Å². The Bertz CT molecular complexity index is 1300. The van der Waals surface area contributed by atoms with Gasteiger partial charge in [0.1, 0.15) is 0 Å². The smallest absolute Gasteiger partial charge is 0.260 e. The SMILES string of the molecule is Cn1cnc2cc(N3CCN(C(=O)Cc4c[nH]c5ccccc45)CC3)ccc2c1=O. The first-order chi connectivity index (χ1) is 14.6. The van der Waals surface area contributed by atoms with Gasteiger partial charge in [0, 0.05) is 56.0 Å². The fourth-order valence-electron chi connectivity index (χ4n) is 4.16. The van der Waals surface area contributed by atoms with Gasteiger partial charge in [0.25, 0.3) is 5.56 Å². The number of aryl methyl sites for hydroxylation is 1. The van der Waals surface area contributed by atoms with Gasteiger partial charge in [-0.1, -0.05) is 18.2 Å². The molecule has 1 amide bonds. The summed E-state index contributed by atoms with van der Waals surface area (Å²) in [6.45, 7) is 2.89. The molecule has 0 spiro atoms. The molecule has 7 heteroatoms. The van der Waals surface area contributed by atoms with Gasteiger partial charge in [0.15, 0.2) is 0 Å². The van der Waals surface area contributed by atoms with Gasteiger partial charge in [-0.2, -0.15) is 0 Å². The highest BCUT2D eigenvalue weighted by atomic mass is 16.2. The molecule has 0 radical (unpaired) electrons. The molecule has 2 aromatic heterocycles. The number of benzene rings is 2. The summed E-state index contributed by atoms with van der Waals surface area (Å²) >= 11 is 0. The highest BCUT2D eigenvalue weighted by Gasteiger charge is 2.22. The van der Waals surface area contributed by atoms with Gasteiger partial charge in [-0.3, -0.25) is 9.59 Å². The van der Waals surface area contributed by atoms with Crippen LogP contribution in [-0.4, -0.2) is 51.5 Å². The number of H-pyrrole nitrogens is 1. The zero-order chi connectivity index (χ0) is 20.7. The van der Waals surface area contributed by atoms with E-state index in [1.165, 1.54) is 4.57 Å². The van der Waals surface area contributed by atoms with E-state index in [0.29, 0.717) is 30.4 Å². The number of aromatic nitrogens is 3. The number of carbonyl (C=O) groups is 1. The monoisotopic (exact) mass is 401 g/mol. The van der Waals surface area contributed by atoms with Crippen molar-refractivity contribution < 1.29 is 4.79 Å². The summed E-state index contributed by atoms with van der Waals surface area (Å²) in [6.07, 6.45) is 3.90. The number of piperazine rings is 1. The molecule has 2 aromatic carbocycles. The van der Waals surface area contributed by atoms with Crippen LogP contribution in [0.15, 0.2) is 59.8 Å². The first-order valence-electron chi connectivity index (χ1n) is 10.1. The third-order valence-corrected chi connectivity index (χ3v) is 5.92. The van der Waals surface area contributed by atoms with Crippen molar-refractivity contribution in [2.75, 3.05) is 31.1 Å². The molecule has 5 rings (SSSR count). The van der Waals surface area contributed by atoms with Crippen molar-refractivity contribution in [2.45, 2.75) is 6.42 Å². The molecular formula is C23H23N5O2. The molecule has 1 fully saturated rings. The Morgan fingerprint density at radius 2 is 1.87 bits per heavy atom. The van der Waals surface area contributed by atoms with Crippen LogP contribution in [-0.2, 0) is 18.3 Å². The van der Waals surface area contributed by atoms with Crippen molar-refractivity contribution in [3.8, 4) is 0 Å². The number of rotatable bonds is 3. The summed E-state index contributed by atoms with van der Waals surface area (Å²) in [5, 5.41) is 1.73. The third-order valence-electron chi connectivity index (χ3n) is 5.92. The molecule has 3 heterocycles. The Hall–Kier alpha value is -3.61. The van der Waals surface area contributed by atoms with Gasteiger partial charge >= 0.3 is 0 Å². The fraction of sp³-hybridized carbons (Fsp3) is 0.261. The lowest BCUT2D eigenvalue weighted by atomic mass is 10.1. The van der Waals surface area contributed by atoms with E-state index in [4.69, 9.17) is 0 Å². The average molecular weight is 401 g/mol. The molecule has 1 N–H and O–H groups in total. The second kappa shape index (κ2) is 7.33. The van der Waals surface area contributed by atoms with E-state index in [1.807, 2.05) is 53.6 Å². The maximum atomic E-state index is 12.8. The van der Waals surface area contributed by atoms with E-state index in [0.717, 1.165) is 35.2 Å². The molecule has 7 nitrogen and oxygen atoms in total. The number of amides is 1. The first kappa shape index (κ1) is 18.4. The average Bonchev–Trinajstić information content (AvgIpc) is 3.19. The summed E-state index contributed by atoms with van der Waals surface area (Å²) in [5.74, 6) is 0.156. The Labute approximate surface area is 173 Å². The second-order valence-corrected chi connectivity index (χ2v) is 7.77. The minimum Gasteiger partial charge on any atom is -0.368 e. The van der Waals surface area contributed by atoms with E-state index in [1.54, 1.807) is 13.4 Å². The molecule has 1 saturated heterocycles. The number of anilines is 1. The van der Waals surface area contributed by atoms with Gasteiger partial charge < -0.3 is 19.4 Å². The minimum atomic E-state index is -0.0424. The van der Waals surface area contributed by atoms with Crippen molar-refractivity contribution in [2.24, 2.45) is 7.05 Å². The largest absolute Gasteiger partial charge is 0.368 e. The number of para-hydroxylation sites is 1. The van der Waals surface area contributed by atoms with Crippen LogP contribution in [0.4, 0.5) is 5.69 Å². The van der Waals surface area contributed by atoms with E-state index in [9.17, 15) is 9.59 Å². The predicted octanol–water partition coefficient (Wildman–Crippen LogP) is 2.31. The van der Waals surface area contributed by atoms with Crippen molar-refractivity contribution >= 4 is 33.4 Å². The lowest BCUT2D eigenvalue weighted by Gasteiger charge is -2.36. The zero-order valence-corrected chi connectivity index (χ0v) is 16.8. The lowest BCUT2D eigenvalue weighted by molar-refractivity contribution is -0.130. The summed E-state index contributed by atoms with van der Waals surface area (Å²) in [7, 11) is 1.70. The zero-order valence-electron chi connectivity index (χ0n) is 16.8. The molecule has 152 valence electrons. The van der Waals surface area contributed by atoms with Gasteiger partial charge in [-0.15, -0.1) is 0 Å². The topological polar surface area (TPSA) is 74.2 Å². The predicted molar refractivity (Wildman–Crippen MR) is 118 cm³/mol. The van der Waals surface area contributed by atoms with E-state index >= 15 is 0 Å². The Balaban J connectivity index is 1.27. The summed E-state index contributed by atoms with van der Waals surface area (Å²) in [4.78, 5) is 36.8. The van der Waals surface area contributed by atoms with Crippen LogP contribution in [0, 0.1) is 0 Å². The van der Waals surface area contributed by atoms with Crippen LogP contribution in [0.5, 0.6) is 0 Å². The van der Waals surface area contributed by atoms with Crippen LogP contribution in [0.1, 0.15) is 5.56 Å². The maximum Gasteiger partial charge on any atom is 0.260 e. The quantitative estimate of drug-likeness (QED) is 0.572. The van der Waals surface area contributed by atoms with E-state index in [-0.39, 0.29) is 11.5 Å². The summed E-state index contributed by atoms with van der Waals surface area (Å²) < 4.78 is 1.49. The maximum absolute atomic E-state index is 12.8. The third kappa shape index (κ3) is 3.22. The van der Waals surface area contributed by atoms with Crippen molar-refractivity contribution in [3.05, 3.63) is 70.9 Å². The normalized spacial score (nSPS) is 14.6. The molecule has 0 bridgehead atoms. The van der Waals surface area contributed by atoms with Crippen LogP contribution < -0.4 is 10.5 Å². The van der Waals surface area contributed by atoms with E-state index < -0.39 is 0 Å². The van der Waals surface area contributed by atoms with Gasteiger partial charge in [-0.05, 0) is 29.8 Å². The summed E-state index contributed by atoms with van der Waals surface area (Å²) in [6, 6.07) is 13.8. The van der Waals surface area contributed by atoms with Crippen LogP contribution >= 0.6 is 0 Å². The molecule has 1 aliphatic rings. The standard InChI is InChI=1S/C23H23N5O2/c1-26-15-25-21-13-17(6-7-19(21)23(26)30)27-8-10-28(11-9-27)22(29)12-16-14-24-20-5-3-2-4-18(16)20/h2-7,13-15,24H,8-12H2,1H3. The lowest BCUT2D eigenvalue weighted by Crippen LogP contribution is -2.49. The first-order valence-corrected chi connectivity index (χ1v) is 10.1. The van der Waals surface area contributed by atoms with Crippen molar-refractivity contribution in [1.82, 2.24) is 19.4 Å². The van der Waals surface area contributed by atoms with Crippen LogP contribution in [0.2, 0.25) is 0 Å². The Morgan fingerprint density at radius 3 is 2.70 bits per heavy atom. The van der Waals surface area contributed by atoms with Crippen LogP contribution in [0.25, 0.3) is 21.8 Å². The van der Waals surface area contributed by atoms with E-state index in [2.05, 4.69) is 14.9 Å². The number of nitrogens with one attached hydrogen (secondary N) is 1. The van der Waals surface area contributed by atoms with Gasteiger partial charge in [-0.25, -0.2) is 4.98 Å².